The molecule has 0 radical (unpaired) electrons. The van der Waals surface area contributed by atoms with Crippen LogP contribution < -0.4 is 0 Å². The van der Waals surface area contributed by atoms with Crippen LogP contribution in [0.1, 0.15) is 114 Å². The van der Waals surface area contributed by atoms with Crippen LogP contribution in [0.4, 0.5) is 0 Å². The van der Waals surface area contributed by atoms with Gasteiger partial charge in [-0.25, -0.2) is 0 Å². The molecule has 0 bridgehead atoms. The highest BCUT2D eigenvalue weighted by Crippen LogP contribution is 2.78. The smallest absolute Gasteiger partial charge is 0.302 e. The van der Waals surface area contributed by atoms with E-state index in [4.69, 9.17) is 14.2 Å². The topological polar surface area (TPSA) is 65.1 Å². The summed E-state index contributed by atoms with van der Waals surface area (Å²) in [5.41, 5.74) is 1.87. The van der Waals surface area contributed by atoms with Crippen LogP contribution in [0.25, 0.3) is 0 Å². The average molecular weight is 541 g/mol. The van der Waals surface area contributed by atoms with Crippen molar-refractivity contribution in [3.63, 3.8) is 0 Å². The van der Waals surface area contributed by atoms with E-state index in [0.717, 1.165) is 19.3 Å². The lowest BCUT2D eigenvalue weighted by molar-refractivity contribution is -0.241. The number of hydrogen-bond donors (Lipinski definition) is 0. The molecule has 0 aromatic rings. The fourth-order valence-corrected chi connectivity index (χ4v) is 11.9. The minimum atomic E-state index is -0.306. The number of carbonyl (C=O) groups excluding carboxylic acids is 2. The van der Waals surface area contributed by atoms with E-state index in [9.17, 15) is 9.59 Å². The van der Waals surface area contributed by atoms with Crippen molar-refractivity contribution in [2.75, 3.05) is 0 Å². The molecule has 5 nitrogen and oxygen atoms in total. The van der Waals surface area contributed by atoms with Gasteiger partial charge in [-0.05, 0) is 66.6 Å². The Labute approximate surface area is 236 Å². The van der Waals surface area contributed by atoms with Crippen LogP contribution in [0.3, 0.4) is 0 Å². The van der Waals surface area contributed by atoms with Gasteiger partial charge in [0.15, 0.2) is 0 Å². The molecule has 6 rings (SSSR count). The van der Waals surface area contributed by atoms with E-state index < -0.39 is 0 Å². The predicted molar refractivity (Wildman–Crippen MR) is 151 cm³/mol. The number of rotatable bonds is 2. The lowest BCUT2D eigenvalue weighted by Gasteiger charge is -2.69. The van der Waals surface area contributed by atoms with E-state index in [-0.39, 0.29) is 69.9 Å². The molecule has 0 aromatic heterocycles. The van der Waals surface area contributed by atoms with Crippen molar-refractivity contribution in [2.24, 2.45) is 50.2 Å². The molecular formula is C34H52O5. The highest BCUT2D eigenvalue weighted by Gasteiger charge is 2.79. The molecule has 39 heavy (non-hydrogen) atoms. The van der Waals surface area contributed by atoms with Crippen molar-refractivity contribution in [3.05, 3.63) is 11.6 Å². The summed E-state index contributed by atoms with van der Waals surface area (Å²) in [6, 6.07) is 0. The van der Waals surface area contributed by atoms with Gasteiger partial charge in [-0.3, -0.25) is 9.59 Å². The van der Waals surface area contributed by atoms with E-state index in [1.807, 2.05) is 0 Å². The van der Waals surface area contributed by atoms with Crippen molar-refractivity contribution >= 4 is 11.9 Å². The second-order valence-corrected chi connectivity index (χ2v) is 16.8. The number of hydrogen-bond acceptors (Lipinski definition) is 5. The highest BCUT2D eigenvalue weighted by atomic mass is 16.6. The van der Waals surface area contributed by atoms with Gasteiger partial charge >= 0.3 is 11.9 Å². The number of esters is 2. The molecule has 0 N–H and O–H groups in total. The maximum atomic E-state index is 12.5. The zero-order valence-electron chi connectivity index (χ0n) is 26.1. The van der Waals surface area contributed by atoms with Gasteiger partial charge in [0.1, 0.15) is 12.2 Å². The lowest BCUT2D eigenvalue weighted by Crippen LogP contribution is -2.69. The van der Waals surface area contributed by atoms with Crippen LogP contribution in [0.2, 0.25) is 0 Å². The van der Waals surface area contributed by atoms with Gasteiger partial charge in [0.2, 0.25) is 0 Å². The first-order valence-electron chi connectivity index (χ1n) is 15.6. The van der Waals surface area contributed by atoms with Crippen LogP contribution in [0.15, 0.2) is 11.6 Å². The molecule has 4 saturated carbocycles. The Morgan fingerprint density at radius 2 is 1.51 bits per heavy atom. The van der Waals surface area contributed by atoms with Gasteiger partial charge in [-0.15, -0.1) is 0 Å². The Morgan fingerprint density at radius 1 is 0.872 bits per heavy atom. The Hall–Kier alpha value is -1.36. The maximum absolute atomic E-state index is 12.5. The minimum Gasteiger partial charge on any atom is -0.462 e. The van der Waals surface area contributed by atoms with Crippen molar-refractivity contribution in [1.82, 2.24) is 0 Å². The summed E-state index contributed by atoms with van der Waals surface area (Å²) in [6.45, 7) is 22.5. The molecule has 1 heterocycles. The SMILES string of the molecule is CC(=O)O[C@H]1C[C@@H](OC(C)=O)[C@]2(C)[C@H]3[C@@H]4O[C@@H]4[C@]4(C)C(=CC[C@@]5(C)CCC(C)(C)C[C@H]54)[C@]3(C)CC[C@H]2C1(C)C. The molecule has 0 amide bonds. The first-order chi connectivity index (χ1) is 17.9. The molecule has 5 fully saturated rings. The third kappa shape index (κ3) is 3.59. The monoisotopic (exact) mass is 540 g/mol. The summed E-state index contributed by atoms with van der Waals surface area (Å²) in [7, 11) is 0. The number of epoxide rings is 1. The number of fused-ring (bicyclic) bond motifs is 10. The molecule has 1 saturated heterocycles. The molecule has 5 heteroatoms. The zero-order chi connectivity index (χ0) is 28.6. The lowest BCUT2D eigenvalue weighted by atomic mass is 9.34. The van der Waals surface area contributed by atoms with Gasteiger partial charge in [0.25, 0.3) is 0 Å². The number of allylic oxidation sites excluding steroid dienone is 1. The summed E-state index contributed by atoms with van der Waals surface area (Å²) in [5.74, 6) is 0.620. The number of ether oxygens (including phenoxy) is 3. The van der Waals surface area contributed by atoms with E-state index in [2.05, 4.69) is 61.5 Å². The van der Waals surface area contributed by atoms with Crippen molar-refractivity contribution in [1.29, 1.82) is 0 Å². The summed E-state index contributed by atoms with van der Waals surface area (Å²) in [4.78, 5) is 24.6. The van der Waals surface area contributed by atoms with Crippen LogP contribution in [-0.4, -0.2) is 36.4 Å². The van der Waals surface area contributed by atoms with Gasteiger partial charge in [0, 0.05) is 42.4 Å². The van der Waals surface area contributed by atoms with E-state index >= 15 is 0 Å². The van der Waals surface area contributed by atoms with E-state index in [1.54, 1.807) is 5.57 Å². The van der Waals surface area contributed by atoms with Crippen LogP contribution >= 0.6 is 0 Å². The van der Waals surface area contributed by atoms with Crippen molar-refractivity contribution in [3.8, 4) is 0 Å². The van der Waals surface area contributed by atoms with Gasteiger partial charge < -0.3 is 14.2 Å². The summed E-state index contributed by atoms with van der Waals surface area (Å²) in [6.07, 6.45) is 10.2. The summed E-state index contributed by atoms with van der Waals surface area (Å²) >= 11 is 0. The molecule has 0 aromatic carbocycles. The van der Waals surface area contributed by atoms with Crippen molar-refractivity contribution < 1.29 is 23.8 Å². The third-order valence-corrected chi connectivity index (χ3v) is 13.6. The van der Waals surface area contributed by atoms with Crippen LogP contribution in [0.5, 0.6) is 0 Å². The Bertz CT molecular complexity index is 1120. The standard InChI is InChI=1S/C34H52O5/c1-19(35)37-24-17-25(38-20(2)36)34(10)21(30(24,5)6)12-14-32(8)22-11-13-31(7)16-15-29(3,4)18-23(31)33(22,9)28-26(39-28)27(32)34/h11,21,23-28H,12-18H2,1-10H3/t21-,23+,24-,25+,26-,27-,28-,31-,32-,33+,34+/m0/s1. The third-order valence-electron chi connectivity index (χ3n) is 13.6. The normalized spacial score (nSPS) is 52.5. The molecule has 1 aliphatic heterocycles. The molecular weight excluding hydrogens is 488 g/mol. The maximum Gasteiger partial charge on any atom is 0.302 e. The van der Waals surface area contributed by atoms with Gasteiger partial charge in [-0.2, -0.15) is 0 Å². The summed E-state index contributed by atoms with van der Waals surface area (Å²) < 4.78 is 19.1. The Morgan fingerprint density at radius 3 is 2.15 bits per heavy atom. The molecule has 6 aliphatic rings. The molecule has 0 spiro atoms. The molecule has 11 atom stereocenters. The largest absolute Gasteiger partial charge is 0.462 e. The molecule has 218 valence electrons. The quantitative estimate of drug-likeness (QED) is 0.209. The van der Waals surface area contributed by atoms with E-state index in [0.29, 0.717) is 23.2 Å². The molecule has 5 aliphatic carbocycles. The first kappa shape index (κ1) is 27.8. The second kappa shape index (κ2) is 8.13. The second-order valence-electron chi connectivity index (χ2n) is 16.8. The highest BCUT2D eigenvalue weighted by molar-refractivity contribution is 5.67. The number of carbonyl (C=O) groups is 2. The van der Waals surface area contributed by atoms with Gasteiger partial charge in [0.05, 0.1) is 12.2 Å². The average Bonchev–Trinajstić information content (AvgIpc) is 3.58. The van der Waals surface area contributed by atoms with Gasteiger partial charge in [-0.1, -0.05) is 67.0 Å². The fourth-order valence-electron chi connectivity index (χ4n) is 11.9. The fraction of sp³-hybridized carbons (Fsp3) is 0.882. The zero-order valence-corrected chi connectivity index (χ0v) is 26.1. The molecule has 0 unspecified atom stereocenters. The Kier molecular flexibility index (Phi) is 5.80. The minimum absolute atomic E-state index is 0.0106. The predicted octanol–water partition coefficient (Wildman–Crippen LogP) is 7.27. The van der Waals surface area contributed by atoms with Crippen LogP contribution in [0, 0.1) is 50.2 Å². The van der Waals surface area contributed by atoms with Crippen LogP contribution in [-0.2, 0) is 23.8 Å². The van der Waals surface area contributed by atoms with Crippen molar-refractivity contribution in [2.45, 2.75) is 139 Å². The van der Waals surface area contributed by atoms with E-state index in [1.165, 1.54) is 33.1 Å². The Balaban J connectivity index is 1.46. The first-order valence-corrected chi connectivity index (χ1v) is 15.6. The summed E-state index contributed by atoms with van der Waals surface area (Å²) in [5, 5.41) is 0.